The van der Waals surface area contributed by atoms with Crippen LogP contribution in [0.4, 0.5) is 10.1 Å². The molecule has 0 saturated carbocycles. The third-order valence-electron chi connectivity index (χ3n) is 4.82. The first-order chi connectivity index (χ1) is 13.4. The van der Waals surface area contributed by atoms with Crippen molar-refractivity contribution in [1.29, 1.82) is 0 Å². The number of carbonyl (C=O) groups is 1. The average molecular weight is 405 g/mol. The summed E-state index contributed by atoms with van der Waals surface area (Å²) in [5, 5.41) is 2.93. The van der Waals surface area contributed by atoms with Crippen molar-refractivity contribution in [3.05, 3.63) is 59.9 Å². The van der Waals surface area contributed by atoms with Gasteiger partial charge in [-0.1, -0.05) is 25.1 Å². The van der Waals surface area contributed by atoms with E-state index >= 15 is 0 Å². The molecule has 6 nitrogen and oxygen atoms in total. The Morgan fingerprint density at radius 1 is 1.04 bits per heavy atom. The normalized spacial score (nSPS) is 16.1. The van der Waals surface area contributed by atoms with Gasteiger partial charge in [0.15, 0.2) is 0 Å². The molecule has 1 aliphatic rings. The summed E-state index contributed by atoms with van der Waals surface area (Å²) in [6.07, 6.45) is 0.830. The van der Waals surface area contributed by atoms with Crippen molar-refractivity contribution in [3.8, 4) is 0 Å². The van der Waals surface area contributed by atoms with Crippen molar-refractivity contribution in [2.45, 2.75) is 18.2 Å². The SMILES string of the molecule is CCc1ccccc1NC(=O)CN1CCN(S(=O)(=O)c2ccc(F)cc2)CC1. The number of aryl methyl sites for hydroxylation is 1. The van der Waals surface area contributed by atoms with Gasteiger partial charge < -0.3 is 5.32 Å². The number of piperazine rings is 1. The Balaban J connectivity index is 1.55. The Hall–Kier alpha value is -2.29. The molecule has 1 aliphatic heterocycles. The molecule has 0 aromatic heterocycles. The number of benzene rings is 2. The fraction of sp³-hybridized carbons (Fsp3) is 0.350. The van der Waals surface area contributed by atoms with E-state index in [0.717, 1.165) is 29.8 Å². The number of hydrogen-bond donors (Lipinski definition) is 1. The van der Waals surface area contributed by atoms with Crippen LogP contribution in [-0.2, 0) is 21.2 Å². The van der Waals surface area contributed by atoms with E-state index in [-0.39, 0.29) is 17.3 Å². The fourth-order valence-corrected chi connectivity index (χ4v) is 4.65. The highest BCUT2D eigenvalue weighted by Gasteiger charge is 2.29. The minimum absolute atomic E-state index is 0.0799. The number of anilines is 1. The lowest BCUT2D eigenvalue weighted by atomic mass is 10.1. The van der Waals surface area contributed by atoms with Gasteiger partial charge in [0.05, 0.1) is 11.4 Å². The monoisotopic (exact) mass is 405 g/mol. The molecular formula is C20H24FN3O3S. The fourth-order valence-electron chi connectivity index (χ4n) is 3.23. The maximum Gasteiger partial charge on any atom is 0.243 e. The number of nitrogens with zero attached hydrogens (tertiary/aromatic N) is 2. The first-order valence-electron chi connectivity index (χ1n) is 9.26. The van der Waals surface area contributed by atoms with Gasteiger partial charge in [0, 0.05) is 31.9 Å². The number of nitrogens with one attached hydrogen (secondary N) is 1. The highest BCUT2D eigenvalue weighted by atomic mass is 32.2. The molecule has 0 bridgehead atoms. The highest BCUT2D eigenvalue weighted by Crippen LogP contribution is 2.19. The zero-order valence-electron chi connectivity index (χ0n) is 15.8. The molecule has 1 amide bonds. The number of carbonyl (C=O) groups excluding carboxylic acids is 1. The summed E-state index contributed by atoms with van der Waals surface area (Å²) in [5.41, 5.74) is 1.89. The van der Waals surface area contributed by atoms with Crippen molar-refractivity contribution < 1.29 is 17.6 Å². The first-order valence-corrected chi connectivity index (χ1v) is 10.7. The summed E-state index contributed by atoms with van der Waals surface area (Å²) >= 11 is 0. The van der Waals surface area contributed by atoms with E-state index in [2.05, 4.69) is 5.32 Å². The van der Waals surface area contributed by atoms with Gasteiger partial charge in [0.2, 0.25) is 15.9 Å². The lowest BCUT2D eigenvalue weighted by molar-refractivity contribution is -0.117. The van der Waals surface area contributed by atoms with Gasteiger partial charge in [-0.15, -0.1) is 0 Å². The predicted molar refractivity (Wildman–Crippen MR) is 106 cm³/mol. The largest absolute Gasteiger partial charge is 0.325 e. The van der Waals surface area contributed by atoms with E-state index in [9.17, 15) is 17.6 Å². The zero-order chi connectivity index (χ0) is 20.1. The van der Waals surface area contributed by atoms with Crippen molar-refractivity contribution in [1.82, 2.24) is 9.21 Å². The lowest BCUT2D eigenvalue weighted by Crippen LogP contribution is -2.50. The van der Waals surface area contributed by atoms with Crippen molar-refractivity contribution in [2.75, 3.05) is 38.0 Å². The van der Waals surface area contributed by atoms with E-state index in [1.54, 1.807) is 0 Å². The van der Waals surface area contributed by atoms with E-state index in [4.69, 9.17) is 0 Å². The zero-order valence-corrected chi connectivity index (χ0v) is 16.6. The minimum atomic E-state index is -3.65. The molecule has 150 valence electrons. The van der Waals surface area contributed by atoms with Crippen LogP contribution in [0.15, 0.2) is 53.4 Å². The van der Waals surface area contributed by atoms with E-state index in [0.29, 0.717) is 26.2 Å². The summed E-state index contributed by atoms with van der Waals surface area (Å²) in [6.45, 7) is 3.75. The highest BCUT2D eigenvalue weighted by molar-refractivity contribution is 7.89. The number of amides is 1. The van der Waals surface area contributed by atoms with Gasteiger partial charge >= 0.3 is 0 Å². The Labute approximate surface area is 165 Å². The Morgan fingerprint density at radius 3 is 2.32 bits per heavy atom. The molecule has 1 saturated heterocycles. The second kappa shape index (κ2) is 8.81. The summed E-state index contributed by atoms with van der Waals surface area (Å²) < 4.78 is 39.7. The number of halogens is 1. The van der Waals surface area contributed by atoms with Crippen LogP contribution in [0.5, 0.6) is 0 Å². The maximum absolute atomic E-state index is 13.0. The van der Waals surface area contributed by atoms with Crippen LogP contribution < -0.4 is 5.32 Å². The minimum Gasteiger partial charge on any atom is -0.325 e. The molecular weight excluding hydrogens is 381 g/mol. The van der Waals surface area contributed by atoms with Crippen LogP contribution in [0.1, 0.15) is 12.5 Å². The van der Waals surface area contributed by atoms with Crippen LogP contribution in [0.25, 0.3) is 0 Å². The molecule has 0 spiro atoms. The van der Waals surface area contributed by atoms with E-state index in [1.807, 2.05) is 36.1 Å². The van der Waals surface area contributed by atoms with Crippen LogP contribution in [0, 0.1) is 5.82 Å². The molecule has 1 heterocycles. The van der Waals surface area contributed by atoms with Crippen LogP contribution in [0.2, 0.25) is 0 Å². The van der Waals surface area contributed by atoms with Gasteiger partial charge in [-0.05, 0) is 42.3 Å². The smallest absolute Gasteiger partial charge is 0.243 e. The van der Waals surface area contributed by atoms with Gasteiger partial charge in [0.1, 0.15) is 5.82 Å². The van der Waals surface area contributed by atoms with Crippen molar-refractivity contribution in [3.63, 3.8) is 0 Å². The Bertz CT molecular complexity index is 924. The second-order valence-corrected chi connectivity index (χ2v) is 8.63. The summed E-state index contributed by atoms with van der Waals surface area (Å²) in [5.74, 6) is -0.588. The van der Waals surface area contributed by atoms with Crippen molar-refractivity contribution >= 4 is 21.6 Å². The second-order valence-electron chi connectivity index (χ2n) is 6.69. The molecule has 3 rings (SSSR count). The quantitative estimate of drug-likeness (QED) is 0.801. The molecule has 0 aliphatic carbocycles. The Kier molecular flexibility index (Phi) is 6.43. The number of sulfonamides is 1. The lowest BCUT2D eigenvalue weighted by Gasteiger charge is -2.33. The van der Waals surface area contributed by atoms with Gasteiger partial charge in [-0.3, -0.25) is 9.69 Å². The topological polar surface area (TPSA) is 69.7 Å². The average Bonchev–Trinajstić information content (AvgIpc) is 2.69. The number of rotatable bonds is 6. The number of para-hydroxylation sites is 1. The molecule has 2 aromatic rings. The van der Waals surface area contributed by atoms with Crippen LogP contribution in [0.3, 0.4) is 0 Å². The molecule has 0 unspecified atom stereocenters. The van der Waals surface area contributed by atoms with Gasteiger partial charge in [0.25, 0.3) is 0 Å². The van der Waals surface area contributed by atoms with Crippen LogP contribution in [-0.4, -0.2) is 56.3 Å². The standard InChI is InChI=1S/C20H24FN3O3S/c1-2-16-5-3-4-6-19(16)22-20(25)15-23-11-13-24(14-12-23)28(26,27)18-9-7-17(21)8-10-18/h3-10H,2,11-15H2,1H3,(H,22,25). The van der Waals surface area contributed by atoms with E-state index in [1.165, 1.54) is 16.4 Å². The van der Waals surface area contributed by atoms with Crippen LogP contribution >= 0.6 is 0 Å². The number of hydrogen-bond acceptors (Lipinski definition) is 4. The van der Waals surface area contributed by atoms with Gasteiger partial charge in [-0.25, -0.2) is 12.8 Å². The van der Waals surface area contributed by atoms with Crippen molar-refractivity contribution in [2.24, 2.45) is 0 Å². The first kappa shape index (κ1) is 20.4. The molecule has 28 heavy (non-hydrogen) atoms. The third kappa shape index (κ3) is 4.76. The summed E-state index contributed by atoms with van der Waals surface area (Å²) in [6, 6.07) is 12.5. The van der Waals surface area contributed by atoms with E-state index < -0.39 is 15.8 Å². The van der Waals surface area contributed by atoms with Gasteiger partial charge in [-0.2, -0.15) is 4.31 Å². The molecule has 1 fully saturated rings. The maximum atomic E-state index is 13.0. The summed E-state index contributed by atoms with van der Waals surface area (Å²) in [4.78, 5) is 14.4. The predicted octanol–water partition coefficient (Wildman–Crippen LogP) is 2.33. The molecule has 1 N–H and O–H groups in total. The summed E-state index contributed by atoms with van der Waals surface area (Å²) in [7, 11) is -3.65. The molecule has 0 radical (unpaired) electrons. The molecule has 2 aromatic carbocycles. The molecule has 0 atom stereocenters. The third-order valence-corrected chi connectivity index (χ3v) is 6.74. The Morgan fingerprint density at radius 2 is 1.68 bits per heavy atom. The molecule has 8 heteroatoms.